The molecule has 2 aromatic heterocycles. The Balaban J connectivity index is 1.59. The van der Waals surface area contributed by atoms with Gasteiger partial charge in [0.15, 0.2) is 5.82 Å². The first-order valence-electron chi connectivity index (χ1n) is 7.47. The molecule has 6 heteroatoms. The molecule has 0 unspecified atom stereocenters. The smallest absolute Gasteiger partial charge is 0.209 e. The van der Waals surface area contributed by atoms with Gasteiger partial charge in [-0.15, -0.1) is 5.10 Å². The molecule has 118 valence electrons. The van der Waals surface area contributed by atoms with Gasteiger partial charge >= 0.3 is 0 Å². The van der Waals surface area contributed by atoms with Crippen molar-refractivity contribution in [1.29, 1.82) is 0 Å². The first-order valence-corrected chi connectivity index (χ1v) is 8.45. The number of thioether (sulfide) groups is 1. The first-order chi connectivity index (χ1) is 11.8. The molecule has 24 heavy (non-hydrogen) atoms. The van der Waals surface area contributed by atoms with Gasteiger partial charge in [0, 0.05) is 11.9 Å². The van der Waals surface area contributed by atoms with Gasteiger partial charge < -0.3 is 5.11 Å². The second kappa shape index (κ2) is 6.33. The van der Waals surface area contributed by atoms with E-state index in [9.17, 15) is 5.11 Å². The van der Waals surface area contributed by atoms with E-state index < -0.39 is 0 Å². The third-order valence-corrected chi connectivity index (χ3v) is 4.54. The normalized spacial score (nSPS) is 11.0. The molecule has 2 aromatic carbocycles. The van der Waals surface area contributed by atoms with Crippen LogP contribution in [0.1, 0.15) is 5.69 Å². The molecule has 2 heterocycles. The average molecular weight is 334 g/mol. The SMILES string of the molecule is Oc1cc2ccccc2cc1-c1nc(SCc2ccccn2)n[nH]1. The Morgan fingerprint density at radius 3 is 2.58 bits per heavy atom. The van der Waals surface area contributed by atoms with E-state index in [1.165, 1.54) is 11.8 Å². The number of fused-ring (bicyclic) bond motifs is 1. The summed E-state index contributed by atoms with van der Waals surface area (Å²) >= 11 is 1.50. The molecule has 4 aromatic rings. The molecule has 4 rings (SSSR count). The van der Waals surface area contributed by atoms with Gasteiger partial charge in [-0.3, -0.25) is 10.1 Å². The number of hydrogen-bond acceptors (Lipinski definition) is 5. The summed E-state index contributed by atoms with van der Waals surface area (Å²) in [7, 11) is 0. The van der Waals surface area contributed by atoms with Crippen molar-refractivity contribution in [3.8, 4) is 17.1 Å². The summed E-state index contributed by atoms with van der Waals surface area (Å²) in [5, 5.41) is 20.1. The predicted molar refractivity (Wildman–Crippen MR) is 94.8 cm³/mol. The lowest BCUT2D eigenvalue weighted by Crippen LogP contribution is -1.85. The molecule has 0 bridgehead atoms. The van der Waals surface area contributed by atoms with Gasteiger partial charge in [-0.2, -0.15) is 0 Å². The van der Waals surface area contributed by atoms with Crippen LogP contribution in [-0.4, -0.2) is 25.3 Å². The van der Waals surface area contributed by atoms with Gasteiger partial charge in [-0.1, -0.05) is 42.1 Å². The third-order valence-electron chi connectivity index (χ3n) is 3.66. The Morgan fingerprint density at radius 2 is 1.79 bits per heavy atom. The van der Waals surface area contributed by atoms with Crippen molar-refractivity contribution in [3.05, 3.63) is 66.5 Å². The lowest BCUT2D eigenvalue weighted by atomic mass is 10.1. The highest BCUT2D eigenvalue weighted by molar-refractivity contribution is 7.98. The number of hydrogen-bond donors (Lipinski definition) is 2. The van der Waals surface area contributed by atoms with Gasteiger partial charge in [-0.25, -0.2) is 4.98 Å². The number of rotatable bonds is 4. The summed E-state index contributed by atoms with van der Waals surface area (Å²) < 4.78 is 0. The summed E-state index contributed by atoms with van der Waals surface area (Å²) in [5.41, 5.74) is 1.62. The summed E-state index contributed by atoms with van der Waals surface area (Å²) in [6.07, 6.45) is 1.77. The first kappa shape index (κ1) is 14.7. The van der Waals surface area contributed by atoms with Gasteiger partial charge in [0.1, 0.15) is 5.75 Å². The Hall–Kier alpha value is -2.86. The molecule has 0 fully saturated rings. The molecular formula is C18H14N4OS. The number of pyridine rings is 1. The number of benzene rings is 2. The summed E-state index contributed by atoms with van der Waals surface area (Å²) in [5.74, 6) is 1.44. The van der Waals surface area contributed by atoms with E-state index in [2.05, 4.69) is 20.2 Å². The van der Waals surface area contributed by atoms with Crippen molar-refractivity contribution in [2.45, 2.75) is 10.9 Å². The molecule has 0 saturated carbocycles. The van der Waals surface area contributed by atoms with Crippen LogP contribution in [0, 0.1) is 0 Å². The molecule has 0 saturated heterocycles. The van der Waals surface area contributed by atoms with E-state index >= 15 is 0 Å². The van der Waals surface area contributed by atoms with Crippen molar-refractivity contribution in [2.24, 2.45) is 0 Å². The number of nitrogens with zero attached hydrogens (tertiary/aromatic N) is 3. The largest absolute Gasteiger partial charge is 0.507 e. The highest BCUT2D eigenvalue weighted by Gasteiger charge is 2.12. The molecular weight excluding hydrogens is 320 g/mol. The number of aromatic nitrogens is 4. The molecule has 0 aliphatic rings. The van der Waals surface area contributed by atoms with Crippen LogP contribution in [0.5, 0.6) is 5.75 Å². The lowest BCUT2D eigenvalue weighted by molar-refractivity contribution is 0.477. The lowest BCUT2D eigenvalue weighted by Gasteiger charge is -2.04. The van der Waals surface area contributed by atoms with Gasteiger partial charge in [0.2, 0.25) is 5.16 Å². The van der Waals surface area contributed by atoms with Crippen LogP contribution in [-0.2, 0) is 5.75 Å². The van der Waals surface area contributed by atoms with E-state index in [1.807, 2.05) is 48.5 Å². The van der Waals surface area contributed by atoms with E-state index in [-0.39, 0.29) is 5.75 Å². The highest BCUT2D eigenvalue weighted by atomic mass is 32.2. The Labute approximate surface area is 142 Å². The topological polar surface area (TPSA) is 74.7 Å². The maximum absolute atomic E-state index is 10.3. The number of phenolic OH excluding ortho intramolecular Hbond substituents is 1. The van der Waals surface area contributed by atoms with Crippen molar-refractivity contribution in [2.75, 3.05) is 0 Å². The molecule has 0 aliphatic carbocycles. The van der Waals surface area contributed by atoms with E-state index in [0.29, 0.717) is 22.3 Å². The van der Waals surface area contributed by atoms with Gasteiger partial charge in [0.25, 0.3) is 0 Å². The second-order valence-corrected chi connectivity index (χ2v) is 6.24. The van der Waals surface area contributed by atoms with E-state index in [4.69, 9.17) is 0 Å². The number of H-pyrrole nitrogens is 1. The van der Waals surface area contributed by atoms with Gasteiger partial charge in [0.05, 0.1) is 11.3 Å². The molecule has 0 spiro atoms. The summed E-state index contributed by atoms with van der Waals surface area (Å²) in [6, 6.07) is 17.4. The maximum atomic E-state index is 10.3. The standard InChI is InChI=1S/C18H14N4OS/c23-16-10-13-6-2-1-5-12(13)9-15(16)17-20-18(22-21-17)24-11-14-7-3-4-8-19-14/h1-10,23H,11H2,(H,20,21,22). The molecule has 0 aliphatic heterocycles. The van der Waals surface area contributed by atoms with Crippen molar-refractivity contribution in [3.63, 3.8) is 0 Å². The molecule has 0 atom stereocenters. The maximum Gasteiger partial charge on any atom is 0.209 e. The quantitative estimate of drug-likeness (QED) is 0.551. The van der Waals surface area contributed by atoms with Crippen LogP contribution in [0.2, 0.25) is 0 Å². The highest BCUT2D eigenvalue weighted by Crippen LogP contribution is 2.32. The van der Waals surface area contributed by atoms with Crippen LogP contribution in [0.3, 0.4) is 0 Å². The molecule has 0 radical (unpaired) electrons. The minimum atomic E-state index is 0.186. The fourth-order valence-corrected chi connectivity index (χ4v) is 3.19. The number of aromatic amines is 1. The average Bonchev–Trinajstić information content (AvgIpc) is 3.09. The van der Waals surface area contributed by atoms with Gasteiger partial charge in [-0.05, 0) is 35.0 Å². The number of phenols is 1. The minimum absolute atomic E-state index is 0.186. The second-order valence-electron chi connectivity index (χ2n) is 5.29. The zero-order valence-corrected chi connectivity index (χ0v) is 13.5. The van der Waals surface area contributed by atoms with E-state index in [0.717, 1.165) is 16.5 Å². The van der Waals surface area contributed by atoms with Crippen molar-refractivity contribution >= 4 is 22.5 Å². The summed E-state index contributed by atoms with van der Waals surface area (Å²) in [6.45, 7) is 0. The van der Waals surface area contributed by atoms with Crippen LogP contribution < -0.4 is 0 Å². The number of aromatic hydroxyl groups is 1. The molecule has 5 nitrogen and oxygen atoms in total. The third kappa shape index (κ3) is 2.96. The predicted octanol–water partition coefficient (Wildman–Crippen LogP) is 4.02. The van der Waals surface area contributed by atoms with Crippen molar-refractivity contribution < 1.29 is 5.11 Å². The van der Waals surface area contributed by atoms with E-state index in [1.54, 1.807) is 12.3 Å². The monoisotopic (exact) mass is 334 g/mol. The fraction of sp³-hybridized carbons (Fsp3) is 0.0556. The van der Waals surface area contributed by atoms with Crippen LogP contribution in [0.15, 0.2) is 66.0 Å². The molecule has 2 N–H and O–H groups in total. The number of nitrogens with one attached hydrogen (secondary N) is 1. The zero-order chi connectivity index (χ0) is 16.4. The van der Waals surface area contributed by atoms with Crippen LogP contribution in [0.25, 0.3) is 22.2 Å². The Kier molecular flexibility index (Phi) is 3.88. The van der Waals surface area contributed by atoms with Crippen LogP contribution >= 0.6 is 11.8 Å². The summed E-state index contributed by atoms with van der Waals surface area (Å²) in [4.78, 5) is 8.75. The Bertz CT molecular complexity index is 985. The van der Waals surface area contributed by atoms with Crippen LogP contribution in [0.4, 0.5) is 0 Å². The zero-order valence-electron chi connectivity index (χ0n) is 12.7. The minimum Gasteiger partial charge on any atom is -0.507 e. The fourth-order valence-electron chi connectivity index (χ4n) is 2.47. The molecule has 0 amide bonds. The Morgan fingerprint density at radius 1 is 1.00 bits per heavy atom. The van der Waals surface area contributed by atoms with Crippen molar-refractivity contribution in [1.82, 2.24) is 20.2 Å².